The molecule has 0 spiro atoms. The summed E-state index contributed by atoms with van der Waals surface area (Å²) < 4.78 is 22.5. The Hall–Kier alpha value is -3.14. The average molecular weight is 587 g/mol. The summed E-state index contributed by atoms with van der Waals surface area (Å²) in [6.45, 7) is 8.14. The molecule has 38 heavy (non-hydrogen) atoms. The lowest BCUT2D eigenvalue weighted by atomic mass is 10.2. The van der Waals surface area contributed by atoms with Crippen molar-refractivity contribution in [1.82, 2.24) is 14.5 Å². The number of benzene rings is 2. The van der Waals surface area contributed by atoms with Crippen LogP contribution in [0.3, 0.4) is 0 Å². The Bertz CT molecular complexity index is 1330. The van der Waals surface area contributed by atoms with Gasteiger partial charge in [0.2, 0.25) is 5.95 Å². The molecular formula is C28H33BrFN5O3. The van der Waals surface area contributed by atoms with Gasteiger partial charge in [0.1, 0.15) is 11.4 Å². The first kappa shape index (κ1) is 26.5. The number of rotatable bonds is 4. The van der Waals surface area contributed by atoms with Crippen LogP contribution in [0.1, 0.15) is 62.9 Å². The van der Waals surface area contributed by atoms with Crippen LogP contribution < -0.4 is 10.2 Å². The van der Waals surface area contributed by atoms with Crippen LogP contribution in [-0.2, 0) is 4.74 Å². The van der Waals surface area contributed by atoms with E-state index in [1.54, 1.807) is 17.0 Å². The van der Waals surface area contributed by atoms with Gasteiger partial charge in [-0.3, -0.25) is 10.1 Å². The second-order valence-electron chi connectivity index (χ2n) is 10.9. The molecule has 2 amide bonds. The van der Waals surface area contributed by atoms with Crippen LogP contribution in [0, 0.1) is 5.82 Å². The molecule has 5 rings (SSSR count). The van der Waals surface area contributed by atoms with E-state index in [0.717, 1.165) is 42.4 Å². The third-order valence-electron chi connectivity index (χ3n) is 7.07. The molecule has 0 unspecified atom stereocenters. The molecule has 1 saturated heterocycles. The molecule has 0 radical (unpaired) electrons. The number of nitrogens with one attached hydrogen (secondary N) is 1. The fraction of sp³-hybridized carbons (Fsp3) is 0.464. The van der Waals surface area contributed by atoms with E-state index in [1.165, 1.54) is 6.07 Å². The van der Waals surface area contributed by atoms with E-state index in [4.69, 9.17) is 9.72 Å². The third kappa shape index (κ3) is 5.50. The summed E-state index contributed by atoms with van der Waals surface area (Å²) in [5.41, 5.74) is 2.19. The van der Waals surface area contributed by atoms with Gasteiger partial charge in [0.15, 0.2) is 0 Å². The van der Waals surface area contributed by atoms with Crippen molar-refractivity contribution < 1.29 is 18.7 Å². The summed E-state index contributed by atoms with van der Waals surface area (Å²) in [6, 6.07) is 10.8. The zero-order valence-corrected chi connectivity index (χ0v) is 23.6. The first-order valence-electron chi connectivity index (χ1n) is 13.1. The Kier molecular flexibility index (Phi) is 7.35. The maximum atomic E-state index is 14.5. The Morgan fingerprint density at radius 1 is 1.08 bits per heavy atom. The number of aromatic nitrogens is 2. The lowest BCUT2D eigenvalue weighted by Crippen LogP contribution is -2.50. The van der Waals surface area contributed by atoms with E-state index < -0.39 is 17.3 Å². The molecule has 3 aromatic rings. The van der Waals surface area contributed by atoms with Gasteiger partial charge in [-0.2, -0.15) is 0 Å². The molecule has 0 bridgehead atoms. The van der Waals surface area contributed by atoms with E-state index in [0.29, 0.717) is 36.6 Å². The monoisotopic (exact) mass is 585 g/mol. The fourth-order valence-electron chi connectivity index (χ4n) is 5.25. The summed E-state index contributed by atoms with van der Waals surface area (Å²) in [4.78, 5) is 34.3. The summed E-state index contributed by atoms with van der Waals surface area (Å²) >= 11 is 3.30. The predicted molar refractivity (Wildman–Crippen MR) is 149 cm³/mol. The van der Waals surface area contributed by atoms with Crippen molar-refractivity contribution in [2.75, 3.05) is 36.4 Å². The molecule has 1 N–H and O–H groups in total. The highest BCUT2D eigenvalue weighted by molar-refractivity contribution is 9.10. The number of carbonyl (C=O) groups excluding carboxylic acids is 2. The summed E-state index contributed by atoms with van der Waals surface area (Å²) in [6.07, 6.45) is 3.94. The molecule has 0 atom stereocenters. The molecule has 1 aliphatic heterocycles. The minimum absolute atomic E-state index is 0.0407. The summed E-state index contributed by atoms with van der Waals surface area (Å²) in [7, 11) is 0. The van der Waals surface area contributed by atoms with Gasteiger partial charge in [0.25, 0.3) is 5.91 Å². The van der Waals surface area contributed by atoms with E-state index in [-0.39, 0.29) is 17.7 Å². The highest BCUT2D eigenvalue weighted by Crippen LogP contribution is 2.37. The standard InChI is InChI=1S/C28H33BrFN5O3/c1-28(2,3)38-27(37)34-15-13-33(14-16-34)19-11-12-22-23(17-19)35(18-7-4-5-8-18)26(31-22)32-25(36)24-20(29)9-6-10-21(24)30/h6,9-12,17-18H,4-5,7-8,13-16H2,1-3H3,(H,31,32,36). The largest absolute Gasteiger partial charge is 0.444 e. The Morgan fingerprint density at radius 2 is 1.79 bits per heavy atom. The van der Waals surface area contributed by atoms with Crippen LogP contribution in [0.15, 0.2) is 40.9 Å². The van der Waals surface area contributed by atoms with Gasteiger partial charge in [0, 0.05) is 42.4 Å². The molecule has 8 nitrogen and oxygen atoms in total. The molecule has 2 heterocycles. The normalized spacial score (nSPS) is 16.8. The van der Waals surface area contributed by atoms with E-state index in [9.17, 15) is 14.0 Å². The first-order chi connectivity index (χ1) is 18.1. The van der Waals surface area contributed by atoms with Crippen LogP contribution in [0.4, 0.5) is 20.8 Å². The number of anilines is 2. The molecule has 1 aliphatic carbocycles. The molecule has 10 heteroatoms. The number of carbonyl (C=O) groups is 2. The number of fused-ring (bicyclic) bond motifs is 1. The van der Waals surface area contributed by atoms with Gasteiger partial charge in [0.05, 0.1) is 16.6 Å². The van der Waals surface area contributed by atoms with Crippen molar-refractivity contribution in [2.24, 2.45) is 0 Å². The van der Waals surface area contributed by atoms with Crippen LogP contribution in [-0.4, -0.2) is 58.2 Å². The maximum absolute atomic E-state index is 14.5. The fourth-order valence-corrected chi connectivity index (χ4v) is 5.77. The number of piperazine rings is 1. The molecule has 2 aliphatic rings. The third-order valence-corrected chi connectivity index (χ3v) is 7.74. The smallest absolute Gasteiger partial charge is 0.410 e. The topological polar surface area (TPSA) is 79.7 Å². The number of hydrogen-bond donors (Lipinski definition) is 1. The number of ether oxygens (including phenoxy) is 1. The molecule has 1 saturated carbocycles. The summed E-state index contributed by atoms with van der Waals surface area (Å²) in [5.74, 6) is -0.699. The van der Waals surface area contributed by atoms with Crippen molar-refractivity contribution in [2.45, 2.75) is 58.1 Å². The van der Waals surface area contributed by atoms with Crippen LogP contribution in [0.5, 0.6) is 0 Å². The van der Waals surface area contributed by atoms with Gasteiger partial charge in [-0.25, -0.2) is 14.2 Å². The first-order valence-corrected chi connectivity index (χ1v) is 13.9. The van der Waals surface area contributed by atoms with Gasteiger partial charge < -0.3 is 19.1 Å². The number of hydrogen-bond acceptors (Lipinski definition) is 5. The van der Waals surface area contributed by atoms with Gasteiger partial charge >= 0.3 is 6.09 Å². The van der Waals surface area contributed by atoms with Gasteiger partial charge in [-0.05, 0) is 79.9 Å². The van der Waals surface area contributed by atoms with Crippen LogP contribution in [0.2, 0.25) is 0 Å². The Balaban J connectivity index is 1.41. The highest BCUT2D eigenvalue weighted by atomic mass is 79.9. The van der Waals surface area contributed by atoms with Crippen molar-refractivity contribution >= 4 is 50.6 Å². The van der Waals surface area contributed by atoms with Crippen molar-refractivity contribution in [3.63, 3.8) is 0 Å². The Morgan fingerprint density at radius 3 is 2.45 bits per heavy atom. The molecule has 2 aromatic carbocycles. The average Bonchev–Trinajstić information content (AvgIpc) is 3.50. The van der Waals surface area contributed by atoms with E-state index in [2.05, 4.69) is 36.8 Å². The van der Waals surface area contributed by atoms with Gasteiger partial charge in [-0.15, -0.1) is 0 Å². The minimum Gasteiger partial charge on any atom is -0.444 e. The molecule has 2 fully saturated rings. The Labute approximate surface area is 230 Å². The maximum Gasteiger partial charge on any atom is 0.410 e. The number of nitrogens with zero attached hydrogens (tertiary/aromatic N) is 4. The zero-order valence-electron chi connectivity index (χ0n) is 22.0. The lowest BCUT2D eigenvalue weighted by molar-refractivity contribution is 0.0240. The van der Waals surface area contributed by atoms with E-state index >= 15 is 0 Å². The minimum atomic E-state index is -0.590. The van der Waals surface area contributed by atoms with Crippen LogP contribution >= 0.6 is 15.9 Å². The number of halogens is 2. The molecule has 202 valence electrons. The van der Waals surface area contributed by atoms with Gasteiger partial charge in [-0.1, -0.05) is 18.9 Å². The molecular weight excluding hydrogens is 553 g/mol. The van der Waals surface area contributed by atoms with Crippen LogP contribution in [0.25, 0.3) is 11.0 Å². The zero-order chi connectivity index (χ0) is 27.0. The van der Waals surface area contributed by atoms with Crippen molar-refractivity contribution in [3.05, 3.63) is 52.3 Å². The second kappa shape index (κ2) is 10.6. The molecule has 1 aromatic heterocycles. The summed E-state index contributed by atoms with van der Waals surface area (Å²) in [5, 5.41) is 2.88. The predicted octanol–water partition coefficient (Wildman–Crippen LogP) is 6.36. The van der Waals surface area contributed by atoms with Crippen molar-refractivity contribution in [3.8, 4) is 0 Å². The quantitative estimate of drug-likeness (QED) is 0.385. The number of imidazole rings is 1. The lowest BCUT2D eigenvalue weighted by Gasteiger charge is -2.36. The van der Waals surface area contributed by atoms with E-state index in [1.807, 2.05) is 32.9 Å². The SMILES string of the molecule is CC(C)(C)OC(=O)N1CCN(c2ccc3nc(NC(=O)c4c(F)cccc4Br)n(C4CCCC4)c3c2)CC1. The highest BCUT2D eigenvalue weighted by Gasteiger charge is 2.28. The van der Waals surface area contributed by atoms with Crippen molar-refractivity contribution in [1.29, 1.82) is 0 Å². The second-order valence-corrected chi connectivity index (χ2v) is 11.8. The number of amides is 2.